The average Bonchev–Trinajstić information content (AvgIpc) is 2.08. The molecule has 1 aromatic rings. The highest BCUT2D eigenvalue weighted by Gasteiger charge is 2.09. The zero-order valence-electron chi connectivity index (χ0n) is 7.50. The third-order valence-electron chi connectivity index (χ3n) is 1.92. The molecular formula is C10H13FO2. The van der Waals surface area contributed by atoms with Crippen molar-refractivity contribution < 1.29 is 14.6 Å². The maximum Gasteiger partial charge on any atom is 0.126 e. The molecule has 2 N–H and O–H groups in total. The van der Waals surface area contributed by atoms with Gasteiger partial charge >= 0.3 is 0 Å². The highest BCUT2D eigenvalue weighted by molar-refractivity contribution is 5.37. The van der Waals surface area contributed by atoms with E-state index in [4.69, 9.17) is 5.11 Å². The first-order chi connectivity index (χ1) is 6.15. The second-order valence-corrected chi connectivity index (χ2v) is 2.98. The van der Waals surface area contributed by atoms with Gasteiger partial charge in [0.05, 0.1) is 0 Å². The maximum absolute atomic E-state index is 12.9. The number of aliphatic hydroxyl groups excluding tert-OH is 1. The van der Waals surface area contributed by atoms with Gasteiger partial charge < -0.3 is 10.2 Å². The lowest BCUT2D eigenvalue weighted by Gasteiger charge is -2.07. The second-order valence-electron chi connectivity index (χ2n) is 2.98. The van der Waals surface area contributed by atoms with E-state index in [-0.39, 0.29) is 17.9 Å². The van der Waals surface area contributed by atoms with Crippen molar-refractivity contribution in [2.45, 2.75) is 19.5 Å². The molecule has 72 valence electrons. The van der Waals surface area contributed by atoms with E-state index in [1.165, 1.54) is 13.0 Å². The molecule has 1 aromatic carbocycles. The lowest BCUT2D eigenvalue weighted by atomic mass is 10.0. The number of hydrogen-bond acceptors (Lipinski definition) is 2. The van der Waals surface area contributed by atoms with Crippen molar-refractivity contribution in [1.82, 2.24) is 0 Å². The van der Waals surface area contributed by atoms with Crippen LogP contribution in [-0.4, -0.2) is 16.8 Å². The van der Waals surface area contributed by atoms with Gasteiger partial charge in [0.1, 0.15) is 11.9 Å². The van der Waals surface area contributed by atoms with Crippen LogP contribution in [0.25, 0.3) is 0 Å². The molecule has 2 nitrogen and oxygen atoms in total. The number of rotatable bonds is 3. The Morgan fingerprint density at radius 3 is 2.69 bits per heavy atom. The third kappa shape index (κ3) is 2.42. The smallest absolute Gasteiger partial charge is 0.126 e. The number of aromatic hydroxyl groups is 1. The summed E-state index contributed by atoms with van der Waals surface area (Å²) < 4.78 is 12.9. The van der Waals surface area contributed by atoms with Crippen LogP contribution in [-0.2, 0) is 6.42 Å². The van der Waals surface area contributed by atoms with E-state index in [1.807, 2.05) is 0 Å². The molecule has 3 heteroatoms. The summed E-state index contributed by atoms with van der Waals surface area (Å²) in [6.45, 7) is 1.41. The van der Waals surface area contributed by atoms with Crippen LogP contribution in [0.1, 0.15) is 24.2 Å². The van der Waals surface area contributed by atoms with Crippen LogP contribution in [0.5, 0.6) is 5.75 Å². The quantitative estimate of drug-likeness (QED) is 0.753. The molecule has 0 spiro atoms. The van der Waals surface area contributed by atoms with E-state index < -0.39 is 6.17 Å². The van der Waals surface area contributed by atoms with Crippen LogP contribution in [0.2, 0.25) is 0 Å². The minimum absolute atomic E-state index is 0.0308. The third-order valence-corrected chi connectivity index (χ3v) is 1.92. The SMILES string of the molecule is CC(F)c1cc(CCO)ccc1O. The van der Waals surface area contributed by atoms with E-state index in [9.17, 15) is 9.50 Å². The lowest BCUT2D eigenvalue weighted by molar-refractivity contribution is 0.299. The van der Waals surface area contributed by atoms with Crippen molar-refractivity contribution in [3.8, 4) is 5.75 Å². The van der Waals surface area contributed by atoms with Crippen LogP contribution in [0.3, 0.4) is 0 Å². The van der Waals surface area contributed by atoms with E-state index in [2.05, 4.69) is 0 Å². The number of benzene rings is 1. The Hall–Kier alpha value is -1.09. The van der Waals surface area contributed by atoms with Gasteiger partial charge in [0, 0.05) is 12.2 Å². The number of alkyl halides is 1. The Balaban J connectivity index is 2.97. The van der Waals surface area contributed by atoms with E-state index in [0.717, 1.165) is 5.56 Å². The van der Waals surface area contributed by atoms with Crippen molar-refractivity contribution in [1.29, 1.82) is 0 Å². The molecule has 0 saturated carbocycles. The minimum Gasteiger partial charge on any atom is -0.508 e. The summed E-state index contributed by atoms with van der Waals surface area (Å²) in [5.74, 6) is -0.0308. The molecule has 0 aliphatic carbocycles. The molecule has 0 aliphatic rings. The van der Waals surface area contributed by atoms with E-state index >= 15 is 0 Å². The predicted molar refractivity (Wildman–Crippen MR) is 48.4 cm³/mol. The monoisotopic (exact) mass is 184 g/mol. The molecule has 13 heavy (non-hydrogen) atoms. The Morgan fingerprint density at radius 2 is 2.15 bits per heavy atom. The number of hydrogen-bond donors (Lipinski definition) is 2. The van der Waals surface area contributed by atoms with Crippen molar-refractivity contribution in [2.24, 2.45) is 0 Å². The van der Waals surface area contributed by atoms with Gasteiger partial charge in [-0.3, -0.25) is 0 Å². The van der Waals surface area contributed by atoms with Crippen LogP contribution in [0.15, 0.2) is 18.2 Å². The summed E-state index contributed by atoms with van der Waals surface area (Å²) in [4.78, 5) is 0. The van der Waals surface area contributed by atoms with E-state index in [1.54, 1.807) is 12.1 Å². The van der Waals surface area contributed by atoms with Crippen LogP contribution >= 0.6 is 0 Å². The van der Waals surface area contributed by atoms with Crippen LogP contribution in [0.4, 0.5) is 4.39 Å². The summed E-state index contributed by atoms with van der Waals surface area (Å²) in [7, 11) is 0. The van der Waals surface area contributed by atoms with Crippen LogP contribution < -0.4 is 0 Å². The number of phenols is 1. The highest BCUT2D eigenvalue weighted by Crippen LogP contribution is 2.27. The molecule has 1 unspecified atom stereocenters. The molecule has 0 fully saturated rings. The number of aliphatic hydroxyl groups is 1. The molecular weight excluding hydrogens is 171 g/mol. The van der Waals surface area contributed by atoms with Crippen molar-refractivity contribution in [3.63, 3.8) is 0 Å². The molecule has 0 saturated heterocycles. The molecule has 0 aliphatic heterocycles. The normalized spacial score (nSPS) is 12.8. The van der Waals surface area contributed by atoms with Gasteiger partial charge in [-0.05, 0) is 31.0 Å². The zero-order chi connectivity index (χ0) is 9.84. The summed E-state index contributed by atoms with van der Waals surface area (Å²) in [5.41, 5.74) is 1.12. The summed E-state index contributed by atoms with van der Waals surface area (Å²) in [5, 5.41) is 17.9. The van der Waals surface area contributed by atoms with Gasteiger partial charge in [-0.1, -0.05) is 6.07 Å². The fraction of sp³-hybridized carbons (Fsp3) is 0.400. The first-order valence-corrected chi connectivity index (χ1v) is 4.22. The van der Waals surface area contributed by atoms with Gasteiger partial charge in [-0.2, -0.15) is 0 Å². The van der Waals surface area contributed by atoms with Gasteiger partial charge in [0.2, 0.25) is 0 Å². The van der Waals surface area contributed by atoms with Gasteiger partial charge in [0.15, 0.2) is 0 Å². The average molecular weight is 184 g/mol. The van der Waals surface area contributed by atoms with Crippen molar-refractivity contribution >= 4 is 0 Å². The lowest BCUT2D eigenvalue weighted by Crippen LogP contribution is -1.94. The number of phenolic OH excluding ortho intramolecular Hbond substituents is 1. The Morgan fingerprint density at radius 1 is 1.46 bits per heavy atom. The summed E-state index contributed by atoms with van der Waals surface area (Å²) in [6, 6.07) is 4.71. The van der Waals surface area contributed by atoms with Crippen molar-refractivity contribution in [2.75, 3.05) is 6.61 Å². The Kier molecular flexibility index (Phi) is 3.25. The highest BCUT2D eigenvalue weighted by atomic mass is 19.1. The second kappa shape index (κ2) is 4.23. The molecule has 1 rings (SSSR count). The minimum atomic E-state index is -1.18. The molecule has 0 radical (unpaired) electrons. The first-order valence-electron chi connectivity index (χ1n) is 4.22. The fourth-order valence-electron chi connectivity index (χ4n) is 1.21. The summed E-state index contributed by atoms with van der Waals surface area (Å²) >= 11 is 0. The number of halogens is 1. The molecule has 0 heterocycles. The van der Waals surface area contributed by atoms with Crippen molar-refractivity contribution in [3.05, 3.63) is 29.3 Å². The summed E-state index contributed by atoms with van der Waals surface area (Å²) in [6.07, 6.45) is -0.696. The van der Waals surface area contributed by atoms with Gasteiger partial charge in [-0.15, -0.1) is 0 Å². The van der Waals surface area contributed by atoms with Gasteiger partial charge in [-0.25, -0.2) is 4.39 Å². The zero-order valence-corrected chi connectivity index (χ0v) is 7.50. The standard InChI is InChI=1S/C10H13FO2/c1-7(11)9-6-8(4-5-12)2-3-10(9)13/h2-3,6-7,12-13H,4-5H2,1H3. The molecule has 0 aromatic heterocycles. The first kappa shape index (κ1) is 9.99. The fourth-order valence-corrected chi connectivity index (χ4v) is 1.21. The van der Waals surface area contributed by atoms with E-state index in [0.29, 0.717) is 6.42 Å². The molecule has 0 bridgehead atoms. The largest absolute Gasteiger partial charge is 0.508 e. The maximum atomic E-state index is 12.9. The molecule has 1 atom stereocenters. The Bertz CT molecular complexity index is 284. The predicted octanol–water partition coefficient (Wildman–Crippen LogP) is 1.96. The molecule has 0 amide bonds. The van der Waals surface area contributed by atoms with Crippen LogP contribution in [0, 0.1) is 0 Å². The van der Waals surface area contributed by atoms with Gasteiger partial charge in [0.25, 0.3) is 0 Å². The Labute approximate surface area is 76.6 Å². The topological polar surface area (TPSA) is 40.5 Å².